The molecule has 0 bridgehead atoms. The third-order valence-electron chi connectivity index (χ3n) is 10.8. The van der Waals surface area contributed by atoms with Crippen LogP contribution in [0.5, 0.6) is 0 Å². The number of thiol groups is 1. The first-order chi connectivity index (χ1) is 28.2. The molecule has 3 aromatic heterocycles. The van der Waals surface area contributed by atoms with Crippen LogP contribution in [0.3, 0.4) is 0 Å². The molecule has 0 amide bonds. The summed E-state index contributed by atoms with van der Waals surface area (Å²) in [5, 5.41) is 4.53. The number of fused-ring (bicyclic) bond motifs is 6. The Balaban J connectivity index is 0.985. The van der Waals surface area contributed by atoms with Crippen molar-refractivity contribution in [2.24, 2.45) is 0 Å². The summed E-state index contributed by atoms with van der Waals surface area (Å²) in [6, 6.07) is 64.9. The van der Waals surface area contributed by atoms with E-state index in [4.69, 9.17) is 32.0 Å². The number of para-hydroxylation sites is 3. The predicted molar refractivity (Wildman–Crippen MR) is 236 cm³/mol. The van der Waals surface area contributed by atoms with Gasteiger partial charge in [-0.15, -0.1) is 12.6 Å². The van der Waals surface area contributed by atoms with Crippen LogP contribution >= 0.6 is 12.6 Å². The fourth-order valence-electron chi connectivity index (χ4n) is 8.13. The minimum Gasteiger partial charge on any atom is -0.455 e. The van der Waals surface area contributed by atoms with E-state index in [0.29, 0.717) is 17.5 Å². The van der Waals surface area contributed by atoms with Gasteiger partial charge in [0.1, 0.15) is 11.2 Å². The molecular formula is C51H32N4OS. The van der Waals surface area contributed by atoms with Gasteiger partial charge in [-0.1, -0.05) is 146 Å². The molecular weight excluding hydrogens is 717 g/mol. The van der Waals surface area contributed by atoms with Gasteiger partial charge in [-0.05, 0) is 64.7 Å². The van der Waals surface area contributed by atoms with Crippen LogP contribution in [0.25, 0.3) is 106 Å². The van der Waals surface area contributed by atoms with Crippen LogP contribution in [0, 0.1) is 0 Å². The summed E-state index contributed by atoms with van der Waals surface area (Å²) < 4.78 is 9.03. The van der Waals surface area contributed by atoms with Crippen LogP contribution in [0.15, 0.2) is 197 Å². The van der Waals surface area contributed by atoms with E-state index >= 15 is 0 Å². The molecule has 0 aliphatic carbocycles. The Kier molecular flexibility index (Phi) is 7.83. The van der Waals surface area contributed by atoms with Crippen molar-refractivity contribution in [3.05, 3.63) is 188 Å². The maximum atomic E-state index is 6.69. The highest BCUT2D eigenvalue weighted by atomic mass is 32.1. The van der Waals surface area contributed by atoms with Crippen molar-refractivity contribution in [3.8, 4) is 62.1 Å². The Morgan fingerprint density at radius 1 is 0.404 bits per heavy atom. The van der Waals surface area contributed by atoms with E-state index in [1.807, 2.05) is 84.9 Å². The molecule has 6 heteroatoms. The zero-order valence-corrected chi connectivity index (χ0v) is 31.4. The SMILES string of the molecule is Sc1cc(-c2cccc3oc4c(-c5nc(-c6ccccc6)nc(-c6ccccc6)n5)cccc4c23)ccc1-c1ccc(-n2c3ccccc3c3ccccc32)cc1. The zero-order valence-electron chi connectivity index (χ0n) is 30.5. The number of rotatable bonds is 6. The summed E-state index contributed by atoms with van der Waals surface area (Å²) in [6.07, 6.45) is 0. The van der Waals surface area contributed by atoms with Gasteiger partial charge in [-0.25, -0.2) is 15.0 Å². The minimum atomic E-state index is 0.556. The predicted octanol–water partition coefficient (Wildman–Crippen LogP) is 13.5. The van der Waals surface area contributed by atoms with E-state index in [0.717, 1.165) is 71.5 Å². The highest BCUT2D eigenvalue weighted by molar-refractivity contribution is 7.80. The highest BCUT2D eigenvalue weighted by Crippen LogP contribution is 2.42. The minimum absolute atomic E-state index is 0.556. The van der Waals surface area contributed by atoms with Gasteiger partial charge in [-0.2, -0.15) is 0 Å². The maximum absolute atomic E-state index is 6.69. The molecule has 0 aliphatic heterocycles. The average Bonchev–Trinajstić information content (AvgIpc) is 3.83. The molecule has 0 aliphatic rings. The molecule has 0 N–H and O–H groups in total. The number of aromatic nitrogens is 4. The lowest BCUT2D eigenvalue weighted by atomic mass is 9.96. The first-order valence-electron chi connectivity index (χ1n) is 18.9. The van der Waals surface area contributed by atoms with Crippen molar-refractivity contribution in [3.63, 3.8) is 0 Å². The van der Waals surface area contributed by atoms with Gasteiger partial charge in [0.05, 0.1) is 16.6 Å². The highest BCUT2D eigenvalue weighted by Gasteiger charge is 2.20. The Morgan fingerprint density at radius 3 is 1.60 bits per heavy atom. The van der Waals surface area contributed by atoms with Gasteiger partial charge in [0.25, 0.3) is 0 Å². The molecule has 0 radical (unpaired) electrons. The number of furan rings is 1. The second-order valence-corrected chi connectivity index (χ2v) is 14.6. The number of nitrogens with zero attached hydrogens (tertiary/aromatic N) is 4. The normalized spacial score (nSPS) is 11.6. The summed E-state index contributed by atoms with van der Waals surface area (Å²) in [6.45, 7) is 0. The molecule has 5 nitrogen and oxygen atoms in total. The molecule has 268 valence electrons. The molecule has 0 fully saturated rings. The number of benzene rings is 8. The molecule has 0 saturated heterocycles. The molecule has 0 unspecified atom stereocenters. The van der Waals surface area contributed by atoms with Crippen LogP contribution in [-0.4, -0.2) is 19.5 Å². The fourth-order valence-corrected chi connectivity index (χ4v) is 8.47. The second-order valence-electron chi connectivity index (χ2n) is 14.1. The average molecular weight is 749 g/mol. The van der Waals surface area contributed by atoms with Crippen LogP contribution in [0.2, 0.25) is 0 Å². The van der Waals surface area contributed by atoms with E-state index in [1.54, 1.807) is 0 Å². The molecule has 0 atom stereocenters. The van der Waals surface area contributed by atoms with Crippen molar-refractivity contribution < 1.29 is 4.42 Å². The van der Waals surface area contributed by atoms with Crippen LogP contribution in [0.4, 0.5) is 0 Å². The molecule has 11 aromatic rings. The second kappa shape index (κ2) is 13.5. The van der Waals surface area contributed by atoms with Gasteiger partial charge in [0.15, 0.2) is 17.5 Å². The van der Waals surface area contributed by atoms with Gasteiger partial charge < -0.3 is 8.98 Å². The Bertz CT molecular complexity index is 3190. The quantitative estimate of drug-likeness (QED) is 0.172. The van der Waals surface area contributed by atoms with Gasteiger partial charge >= 0.3 is 0 Å². The molecule has 11 rings (SSSR count). The molecule has 0 spiro atoms. The molecule has 0 saturated carbocycles. The third-order valence-corrected chi connectivity index (χ3v) is 11.2. The van der Waals surface area contributed by atoms with E-state index in [-0.39, 0.29) is 0 Å². The summed E-state index contributed by atoms with van der Waals surface area (Å²) in [7, 11) is 0. The summed E-state index contributed by atoms with van der Waals surface area (Å²) in [5.41, 5.74) is 12.0. The lowest BCUT2D eigenvalue weighted by molar-refractivity contribution is 0.669. The van der Waals surface area contributed by atoms with Crippen molar-refractivity contribution >= 4 is 56.4 Å². The van der Waals surface area contributed by atoms with Crippen molar-refractivity contribution in [2.45, 2.75) is 4.90 Å². The summed E-state index contributed by atoms with van der Waals surface area (Å²) in [5.74, 6) is 1.77. The molecule has 57 heavy (non-hydrogen) atoms. The zero-order chi connectivity index (χ0) is 37.9. The lowest BCUT2D eigenvalue weighted by Gasteiger charge is -2.12. The summed E-state index contributed by atoms with van der Waals surface area (Å²) >= 11 is 5.06. The van der Waals surface area contributed by atoms with Crippen molar-refractivity contribution in [1.82, 2.24) is 19.5 Å². The van der Waals surface area contributed by atoms with Crippen LogP contribution in [0.1, 0.15) is 0 Å². The molecule has 3 heterocycles. The first-order valence-corrected chi connectivity index (χ1v) is 19.4. The summed E-state index contributed by atoms with van der Waals surface area (Å²) in [4.78, 5) is 15.8. The molecule has 8 aromatic carbocycles. The Hall–Kier alpha value is -7.28. The van der Waals surface area contributed by atoms with Crippen LogP contribution < -0.4 is 0 Å². The smallest absolute Gasteiger partial charge is 0.167 e. The van der Waals surface area contributed by atoms with Crippen LogP contribution in [-0.2, 0) is 0 Å². The largest absolute Gasteiger partial charge is 0.455 e. The van der Waals surface area contributed by atoms with Gasteiger partial charge in [0.2, 0.25) is 0 Å². The monoisotopic (exact) mass is 748 g/mol. The van der Waals surface area contributed by atoms with Crippen molar-refractivity contribution in [1.29, 1.82) is 0 Å². The van der Waals surface area contributed by atoms with Gasteiger partial charge in [-0.3, -0.25) is 0 Å². The third kappa shape index (κ3) is 5.61. The first kappa shape index (κ1) is 33.1. The standard InChI is InChI=1S/C51H32N4OS/c57-46-31-35(27-30-37(46)32-25-28-36(29-26-32)55-43-22-9-7-17-39(43)40-18-8-10-23-44(40)55)38-19-12-24-45-47(38)41-20-11-21-42(48(41)56-45)51-53-49(33-13-3-1-4-14-33)52-50(54-51)34-15-5-2-6-16-34/h1-31,57H. The maximum Gasteiger partial charge on any atom is 0.167 e. The van der Waals surface area contributed by atoms with E-state index in [2.05, 4.69) is 108 Å². The van der Waals surface area contributed by atoms with Crippen molar-refractivity contribution in [2.75, 3.05) is 0 Å². The topological polar surface area (TPSA) is 56.7 Å². The number of hydrogen-bond acceptors (Lipinski definition) is 5. The lowest BCUT2D eigenvalue weighted by Crippen LogP contribution is -2.00. The fraction of sp³-hybridized carbons (Fsp3) is 0. The Morgan fingerprint density at radius 2 is 0.947 bits per heavy atom. The van der Waals surface area contributed by atoms with E-state index < -0.39 is 0 Å². The number of hydrogen-bond donors (Lipinski definition) is 1. The van der Waals surface area contributed by atoms with E-state index in [9.17, 15) is 0 Å². The van der Waals surface area contributed by atoms with Gasteiger partial charge in [0, 0.05) is 43.3 Å². The van der Waals surface area contributed by atoms with E-state index in [1.165, 1.54) is 21.8 Å². The Labute approximate surface area is 334 Å².